The predicted octanol–water partition coefficient (Wildman–Crippen LogP) is 2.32. The maximum Gasteiger partial charge on any atom is 0.263 e. The van der Waals surface area contributed by atoms with E-state index in [1.54, 1.807) is 19.2 Å². The summed E-state index contributed by atoms with van der Waals surface area (Å²) in [4.78, 5) is 28.3. The van der Waals surface area contributed by atoms with Gasteiger partial charge in [-0.15, -0.1) is 0 Å². The van der Waals surface area contributed by atoms with Gasteiger partial charge in [-0.2, -0.15) is 0 Å². The molecule has 3 rings (SSSR count). The number of nitrogens with one attached hydrogen (secondary N) is 1. The Kier molecular flexibility index (Phi) is 3.42. The third-order valence-electron chi connectivity index (χ3n) is 3.37. The summed E-state index contributed by atoms with van der Waals surface area (Å²) in [5.41, 5.74) is 0.201. The zero-order chi connectivity index (χ0) is 15.7. The molecular weight excluding hydrogens is 285 g/mol. The van der Waals surface area contributed by atoms with Crippen molar-refractivity contribution in [2.75, 3.05) is 5.32 Å². The van der Waals surface area contributed by atoms with Crippen molar-refractivity contribution in [2.24, 2.45) is 7.05 Å². The van der Waals surface area contributed by atoms with E-state index < -0.39 is 17.3 Å². The highest BCUT2D eigenvalue weighted by molar-refractivity contribution is 6.05. The average molecular weight is 297 g/mol. The van der Waals surface area contributed by atoms with Gasteiger partial charge in [0.25, 0.3) is 11.5 Å². The van der Waals surface area contributed by atoms with Gasteiger partial charge in [-0.05, 0) is 29.7 Å². The molecule has 0 aliphatic carbocycles. The van der Waals surface area contributed by atoms with Crippen molar-refractivity contribution in [2.45, 2.75) is 0 Å². The molecule has 0 unspecified atom stereocenters. The molecule has 0 atom stereocenters. The summed E-state index contributed by atoms with van der Waals surface area (Å²) in [6.45, 7) is 0. The number of rotatable bonds is 2. The first-order chi connectivity index (χ1) is 10.6. The van der Waals surface area contributed by atoms with Crippen LogP contribution in [0.1, 0.15) is 10.4 Å². The lowest BCUT2D eigenvalue weighted by molar-refractivity contribution is 0.102. The van der Waals surface area contributed by atoms with Gasteiger partial charge in [-0.25, -0.2) is 9.37 Å². The first-order valence-corrected chi connectivity index (χ1v) is 6.58. The molecule has 6 heteroatoms. The normalized spacial score (nSPS) is 10.6. The second-order valence-corrected chi connectivity index (χ2v) is 4.77. The van der Waals surface area contributed by atoms with Crippen LogP contribution in [0.25, 0.3) is 10.9 Å². The van der Waals surface area contributed by atoms with Crippen molar-refractivity contribution in [1.29, 1.82) is 0 Å². The minimum atomic E-state index is -0.691. The van der Waals surface area contributed by atoms with E-state index in [9.17, 15) is 14.0 Å². The van der Waals surface area contributed by atoms with E-state index in [0.29, 0.717) is 5.52 Å². The molecule has 1 N–H and O–H groups in total. The number of hydrogen-bond donors (Lipinski definition) is 1. The monoisotopic (exact) mass is 297 g/mol. The molecule has 0 aliphatic heterocycles. The van der Waals surface area contributed by atoms with Crippen LogP contribution in [0.4, 0.5) is 10.2 Å². The summed E-state index contributed by atoms with van der Waals surface area (Å²) in [5, 5.41) is 3.07. The second kappa shape index (κ2) is 5.40. The minimum absolute atomic E-state index is 0.0637. The van der Waals surface area contributed by atoms with Crippen molar-refractivity contribution in [3.05, 3.63) is 70.4 Å². The molecule has 0 aliphatic rings. The van der Waals surface area contributed by atoms with Crippen LogP contribution in [0.3, 0.4) is 0 Å². The summed E-state index contributed by atoms with van der Waals surface area (Å²) in [5.74, 6) is -1.56. The number of amides is 1. The lowest BCUT2D eigenvalue weighted by Crippen LogP contribution is -2.28. The summed E-state index contributed by atoms with van der Waals surface area (Å²) in [6, 6.07) is 11.3. The van der Waals surface area contributed by atoms with Gasteiger partial charge in [0.15, 0.2) is 11.6 Å². The van der Waals surface area contributed by atoms with Gasteiger partial charge in [0, 0.05) is 13.2 Å². The molecule has 0 bridgehead atoms. The fraction of sp³-hybridized carbons (Fsp3) is 0.0625. The van der Waals surface area contributed by atoms with Gasteiger partial charge in [0.05, 0.1) is 5.52 Å². The number of aryl methyl sites for hydroxylation is 1. The zero-order valence-electron chi connectivity index (χ0n) is 11.7. The van der Waals surface area contributed by atoms with Crippen LogP contribution in [-0.4, -0.2) is 15.5 Å². The molecule has 3 aromatic rings. The highest BCUT2D eigenvalue weighted by atomic mass is 19.1. The van der Waals surface area contributed by atoms with Gasteiger partial charge < -0.3 is 9.88 Å². The molecule has 2 aromatic heterocycles. The van der Waals surface area contributed by atoms with E-state index in [1.807, 2.05) is 12.1 Å². The molecule has 0 radical (unpaired) electrons. The second-order valence-electron chi connectivity index (χ2n) is 4.77. The number of para-hydroxylation sites is 1. The standard InChI is InChI=1S/C16H12FN3O2/c1-20-13-7-3-2-5-10(13)9-11(16(20)22)15(21)19-14-12(17)6-4-8-18-14/h2-9H,1H3,(H,18,19,21). The highest BCUT2D eigenvalue weighted by Crippen LogP contribution is 2.14. The lowest BCUT2D eigenvalue weighted by Gasteiger charge is -2.09. The van der Waals surface area contributed by atoms with E-state index in [-0.39, 0.29) is 11.4 Å². The number of pyridine rings is 2. The quantitative estimate of drug-likeness (QED) is 0.789. The largest absolute Gasteiger partial charge is 0.311 e. The molecule has 0 spiro atoms. The van der Waals surface area contributed by atoms with Crippen molar-refractivity contribution in [1.82, 2.24) is 9.55 Å². The molecule has 110 valence electrons. The number of nitrogens with zero attached hydrogens (tertiary/aromatic N) is 2. The Morgan fingerprint density at radius 1 is 1.23 bits per heavy atom. The number of carbonyl (C=O) groups excluding carboxylic acids is 1. The van der Waals surface area contributed by atoms with Gasteiger partial charge in [0.2, 0.25) is 0 Å². The third-order valence-corrected chi connectivity index (χ3v) is 3.37. The Bertz CT molecular complexity index is 934. The molecule has 5 nitrogen and oxygen atoms in total. The number of carbonyl (C=O) groups is 1. The van der Waals surface area contributed by atoms with Gasteiger partial charge >= 0.3 is 0 Å². The molecule has 0 fully saturated rings. The van der Waals surface area contributed by atoms with Crippen LogP contribution in [0.15, 0.2) is 53.5 Å². The van der Waals surface area contributed by atoms with Gasteiger partial charge in [0.1, 0.15) is 5.56 Å². The molecule has 22 heavy (non-hydrogen) atoms. The van der Waals surface area contributed by atoms with E-state index in [0.717, 1.165) is 5.39 Å². The van der Waals surface area contributed by atoms with Crippen LogP contribution in [0.2, 0.25) is 0 Å². The highest BCUT2D eigenvalue weighted by Gasteiger charge is 2.16. The summed E-state index contributed by atoms with van der Waals surface area (Å²) in [7, 11) is 1.59. The first-order valence-electron chi connectivity index (χ1n) is 6.58. The molecule has 0 saturated carbocycles. The maximum atomic E-state index is 13.5. The summed E-state index contributed by atoms with van der Waals surface area (Å²) < 4.78 is 14.9. The summed E-state index contributed by atoms with van der Waals surface area (Å²) in [6.07, 6.45) is 1.36. The predicted molar refractivity (Wildman–Crippen MR) is 81.3 cm³/mol. The van der Waals surface area contributed by atoms with Crippen molar-refractivity contribution < 1.29 is 9.18 Å². The van der Waals surface area contributed by atoms with Crippen LogP contribution in [0.5, 0.6) is 0 Å². The topological polar surface area (TPSA) is 64.0 Å². The number of aromatic nitrogens is 2. The molecule has 2 heterocycles. The van der Waals surface area contributed by atoms with Crippen LogP contribution in [0, 0.1) is 5.82 Å². The number of anilines is 1. The number of fused-ring (bicyclic) bond motifs is 1. The Morgan fingerprint density at radius 3 is 2.77 bits per heavy atom. The van der Waals surface area contributed by atoms with Crippen molar-refractivity contribution in [3.8, 4) is 0 Å². The molecular formula is C16H12FN3O2. The fourth-order valence-corrected chi connectivity index (χ4v) is 2.24. The number of hydrogen-bond acceptors (Lipinski definition) is 3. The molecule has 1 amide bonds. The maximum absolute atomic E-state index is 13.5. The first kappa shape index (κ1) is 13.9. The van der Waals surface area contributed by atoms with E-state index >= 15 is 0 Å². The van der Waals surface area contributed by atoms with E-state index in [4.69, 9.17) is 0 Å². The molecule has 0 saturated heterocycles. The molecule has 1 aromatic carbocycles. The Hall–Kier alpha value is -3.02. The fourth-order valence-electron chi connectivity index (χ4n) is 2.24. The van der Waals surface area contributed by atoms with E-state index in [2.05, 4.69) is 10.3 Å². The summed E-state index contributed by atoms with van der Waals surface area (Å²) >= 11 is 0. The SMILES string of the molecule is Cn1c(=O)c(C(=O)Nc2ncccc2F)cc2ccccc21. The Labute approximate surface area is 125 Å². The van der Waals surface area contributed by atoms with Crippen LogP contribution in [-0.2, 0) is 7.05 Å². The van der Waals surface area contributed by atoms with Crippen molar-refractivity contribution >= 4 is 22.6 Å². The van der Waals surface area contributed by atoms with Crippen LogP contribution >= 0.6 is 0 Å². The Morgan fingerprint density at radius 2 is 2.00 bits per heavy atom. The lowest BCUT2D eigenvalue weighted by atomic mass is 10.1. The Balaban J connectivity index is 2.07. The van der Waals surface area contributed by atoms with Gasteiger partial charge in [-0.1, -0.05) is 18.2 Å². The minimum Gasteiger partial charge on any atom is -0.311 e. The smallest absolute Gasteiger partial charge is 0.263 e. The number of benzene rings is 1. The van der Waals surface area contributed by atoms with E-state index in [1.165, 1.54) is 29.0 Å². The third kappa shape index (κ3) is 2.35. The van der Waals surface area contributed by atoms with Gasteiger partial charge in [-0.3, -0.25) is 9.59 Å². The number of halogens is 1. The van der Waals surface area contributed by atoms with Crippen molar-refractivity contribution in [3.63, 3.8) is 0 Å². The zero-order valence-corrected chi connectivity index (χ0v) is 11.7. The average Bonchev–Trinajstić information content (AvgIpc) is 2.53. The van der Waals surface area contributed by atoms with Crippen LogP contribution < -0.4 is 10.9 Å².